The van der Waals surface area contributed by atoms with Gasteiger partial charge in [0.15, 0.2) is 5.69 Å². The first kappa shape index (κ1) is 25.7. The van der Waals surface area contributed by atoms with Crippen molar-refractivity contribution in [2.45, 2.75) is 30.0 Å². The highest BCUT2D eigenvalue weighted by atomic mass is 32.2. The molecule has 2 aromatic heterocycles. The van der Waals surface area contributed by atoms with E-state index in [1.807, 2.05) is 18.2 Å². The number of rotatable bonds is 5. The molecule has 2 aromatic carbocycles. The summed E-state index contributed by atoms with van der Waals surface area (Å²) in [6.07, 6.45) is -2.68. The van der Waals surface area contributed by atoms with Crippen molar-refractivity contribution in [1.82, 2.24) is 19.1 Å². The standard InChI is InChI=1S/C26H23F3N6O2S/c1-34-24-8-4-18(14-22(24)23(15-30)33-34)17-2-6-21(7-3-17)38(36,37)35-12-10-20(11-13-35)32-25-9-5-19(16-31-25)26(27,28)29/h2-9,14,16,20H,10-13H2,1H3,(H,31,32). The number of anilines is 1. The number of benzene rings is 2. The predicted octanol–water partition coefficient (Wildman–Crippen LogP) is 4.79. The number of fused-ring (bicyclic) bond motifs is 1. The van der Waals surface area contributed by atoms with E-state index in [0.29, 0.717) is 24.4 Å². The first-order chi connectivity index (χ1) is 18.1. The summed E-state index contributed by atoms with van der Waals surface area (Å²) in [5, 5.41) is 17.4. The number of aryl methyl sites for hydroxylation is 1. The number of aromatic nitrogens is 3. The molecule has 0 amide bonds. The summed E-state index contributed by atoms with van der Waals surface area (Å²) < 4.78 is 67.7. The minimum atomic E-state index is -4.45. The molecule has 0 unspecified atom stereocenters. The van der Waals surface area contributed by atoms with Crippen LogP contribution in [-0.2, 0) is 23.2 Å². The van der Waals surface area contributed by atoms with Crippen molar-refractivity contribution in [3.05, 3.63) is 72.1 Å². The number of pyridine rings is 1. The number of nitrogens with one attached hydrogen (secondary N) is 1. The highest BCUT2D eigenvalue weighted by Crippen LogP contribution is 2.30. The van der Waals surface area contributed by atoms with Gasteiger partial charge in [-0.2, -0.15) is 27.8 Å². The molecule has 12 heteroatoms. The maximum Gasteiger partial charge on any atom is 0.417 e. The molecule has 3 heterocycles. The average molecular weight is 541 g/mol. The smallest absolute Gasteiger partial charge is 0.367 e. The van der Waals surface area contributed by atoms with Gasteiger partial charge in [0, 0.05) is 37.8 Å². The number of hydrogen-bond acceptors (Lipinski definition) is 6. The molecule has 1 aliphatic heterocycles. The van der Waals surface area contributed by atoms with E-state index in [4.69, 9.17) is 0 Å². The quantitative estimate of drug-likeness (QED) is 0.390. The molecule has 8 nitrogen and oxygen atoms in total. The van der Waals surface area contributed by atoms with Crippen LogP contribution in [0.2, 0.25) is 0 Å². The molecule has 5 rings (SSSR count). The summed E-state index contributed by atoms with van der Waals surface area (Å²) in [7, 11) is -1.94. The van der Waals surface area contributed by atoms with Crippen LogP contribution in [-0.4, -0.2) is 46.6 Å². The van der Waals surface area contributed by atoms with E-state index in [2.05, 4.69) is 21.5 Å². The van der Waals surface area contributed by atoms with Gasteiger partial charge in [0.05, 0.1) is 16.0 Å². The summed E-state index contributed by atoms with van der Waals surface area (Å²) in [6.45, 7) is 0.550. The highest BCUT2D eigenvalue weighted by molar-refractivity contribution is 7.89. The lowest BCUT2D eigenvalue weighted by molar-refractivity contribution is -0.137. The molecule has 1 aliphatic rings. The second-order valence-electron chi connectivity index (χ2n) is 9.09. The van der Waals surface area contributed by atoms with Crippen molar-refractivity contribution >= 4 is 26.7 Å². The van der Waals surface area contributed by atoms with Gasteiger partial charge in [-0.3, -0.25) is 4.68 Å². The number of hydrogen-bond donors (Lipinski definition) is 1. The molecule has 1 saturated heterocycles. The van der Waals surface area contributed by atoms with Crippen LogP contribution in [0.25, 0.3) is 22.0 Å². The van der Waals surface area contributed by atoms with Crippen LogP contribution >= 0.6 is 0 Å². The Morgan fingerprint density at radius 1 is 1.03 bits per heavy atom. The normalized spacial score (nSPS) is 15.4. The Labute approximate surface area is 217 Å². The largest absolute Gasteiger partial charge is 0.417 e. The fourth-order valence-electron chi connectivity index (χ4n) is 4.59. The molecule has 4 aromatic rings. The van der Waals surface area contributed by atoms with Crippen molar-refractivity contribution in [2.75, 3.05) is 18.4 Å². The summed E-state index contributed by atoms with van der Waals surface area (Å²) in [4.78, 5) is 4.01. The third kappa shape index (κ3) is 4.94. The van der Waals surface area contributed by atoms with Gasteiger partial charge in [0.1, 0.15) is 11.9 Å². The minimum absolute atomic E-state index is 0.103. The van der Waals surface area contributed by atoms with E-state index in [1.54, 1.807) is 36.0 Å². The Balaban J connectivity index is 1.25. The Morgan fingerprint density at radius 2 is 1.71 bits per heavy atom. The Kier molecular flexibility index (Phi) is 6.58. The lowest BCUT2D eigenvalue weighted by Crippen LogP contribution is -2.42. The molecule has 0 spiro atoms. The number of halogens is 3. The molecular weight excluding hydrogens is 517 g/mol. The first-order valence-electron chi connectivity index (χ1n) is 11.8. The number of sulfonamides is 1. The fraction of sp³-hybridized carbons (Fsp3) is 0.269. The van der Waals surface area contributed by atoms with Crippen LogP contribution < -0.4 is 5.32 Å². The molecule has 0 saturated carbocycles. The molecule has 0 bridgehead atoms. The van der Waals surface area contributed by atoms with Gasteiger partial charge in [0.2, 0.25) is 10.0 Å². The van der Waals surface area contributed by atoms with Crippen LogP contribution in [0.3, 0.4) is 0 Å². The number of alkyl halides is 3. The van der Waals surface area contributed by atoms with Gasteiger partial charge in [-0.25, -0.2) is 13.4 Å². The molecular formula is C26H23F3N6O2S. The lowest BCUT2D eigenvalue weighted by Gasteiger charge is -2.32. The van der Waals surface area contributed by atoms with E-state index in [9.17, 15) is 26.9 Å². The Hall–Kier alpha value is -3.95. The van der Waals surface area contributed by atoms with Crippen LogP contribution in [0.5, 0.6) is 0 Å². The van der Waals surface area contributed by atoms with E-state index in [-0.39, 0.29) is 24.0 Å². The number of piperidine rings is 1. The molecule has 38 heavy (non-hydrogen) atoms. The summed E-state index contributed by atoms with van der Waals surface area (Å²) in [5.74, 6) is 0.321. The van der Waals surface area contributed by atoms with Crippen molar-refractivity contribution < 1.29 is 21.6 Å². The van der Waals surface area contributed by atoms with Crippen molar-refractivity contribution in [3.63, 3.8) is 0 Å². The van der Waals surface area contributed by atoms with Gasteiger partial charge >= 0.3 is 6.18 Å². The van der Waals surface area contributed by atoms with Gasteiger partial charge in [0.25, 0.3) is 0 Å². The minimum Gasteiger partial charge on any atom is -0.367 e. The lowest BCUT2D eigenvalue weighted by atomic mass is 10.0. The third-order valence-corrected chi connectivity index (χ3v) is 8.59. The van der Waals surface area contributed by atoms with Gasteiger partial charge in [-0.1, -0.05) is 18.2 Å². The second kappa shape index (κ2) is 9.74. The molecule has 0 aliphatic carbocycles. The summed E-state index contributed by atoms with van der Waals surface area (Å²) in [5.41, 5.74) is 1.99. The van der Waals surface area contributed by atoms with Gasteiger partial charge in [-0.15, -0.1) is 0 Å². The van der Waals surface area contributed by atoms with Gasteiger partial charge in [-0.05, 0) is 60.4 Å². The summed E-state index contributed by atoms with van der Waals surface area (Å²) in [6, 6.07) is 16.5. The van der Waals surface area contributed by atoms with Crippen LogP contribution in [0.4, 0.5) is 19.0 Å². The zero-order valence-corrected chi connectivity index (χ0v) is 21.1. The van der Waals surface area contributed by atoms with E-state index in [1.165, 1.54) is 10.4 Å². The van der Waals surface area contributed by atoms with E-state index >= 15 is 0 Å². The van der Waals surface area contributed by atoms with E-state index < -0.39 is 21.8 Å². The topological polar surface area (TPSA) is 104 Å². The Morgan fingerprint density at radius 3 is 2.32 bits per heavy atom. The molecule has 1 fully saturated rings. The van der Waals surface area contributed by atoms with E-state index in [0.717, 1.165) is 34.3 Å². The monoisotopic (exact) mass is 540 g/mol. The molecule has 0 radical (unpaired) electrons. The van der Waals surface area contributed by atoms with Gasteiger partial charge < -0.3 is 5.32 Å². The average Bonchev–Trinajstić information content (AvgIpc) is 3.23. The highest BCUT2D eigenvalue weighted by Gasteiger charge is 2.32. The fourth-order valence-corrected chi connectivity index (χ4v) is 6.06. The van der Waals surface area contributed by atoms with Crippen LogP contribution in [0, 0.1) is 11.3 Å². The second-order valence-corrected chi connectivity index (χ2v) is 11.0. The van der Waals surface area contributed by atoms with Crippen LogP contribution in [0.15, 0.2) is 65.7 Å². The maximum absolute atomic E-state index is 13.2. The zero-order chi connectivity index (χ0) is 27.1. The molecule has 1 N–H and O–H groups in total. The van der Waals surface area contributed by atoms with Crippen molar-refractivity contribution in [3.8, 4) is 17.2 Å². The van der Waals surface area contributed by atoms with Crippen LogP contribution in [0.1, 0.15) is 24.1 Å². The number of nitrogens with zero attached hydrogens (tertiary/aromatic N) is 5. The predicted molar refractivity (Wildman–Crippen MR) is 136 cm³/mol. The Bertz CT molecular complexity index is 1620. The zero-order valence-electron chi connectivity index (χ0n) is 20.3. The number of nitriles is 1. The SMILES string of the molecule is Cn1nc(C#N)c2cc(-c3ccc(S(=O)(=O)N4CCC(Nc5ccc(C(F)(F)F)cn5)CC4)cc3)ccc21. The molecule has 196 valence electrons. The first-order valence-corrected chi connectivity index (χ1v) is 13.3. The van der Waals surface area contributed by atoms with Crippen molar-refractivity contribution in [1.29, 1.82) is 5.26 Å². The maximum atomic E-state index is 13.2. The third-order valence-electron chi connectivity index (χ3n) is 6.68. The van der Waals surface area contributed by atoms with Crippen molar-refractivity contribution in [2.24, 2.45) is 7.05 Å². The molecule has 0 atom stereocenters. The summed E-state index contributed by atoms with van der Waals surface area (Å²) >= 11 is 0.